The van der Waals surface area contributed by atoms with E-state index in [9.17, 15) is 0 Å². The number of imidazole rings is 1. The second-order valence-electron chi connectivity index (χ2n) is 6.42. The summed E-state index contributed by atoms with van der Waals surface area (Å²) in [4.78, 5) is 18.5. The molecule has 0 radical (unpaired) electrons. The van der Waals surface area contributed by atoms with Crippen LogP contribution >= 0.6 is 0 Å². The highest BCUT2D eigenvalue weighted by molar-refractivity contribution is 5.85. The molecule has 2 aromatic carbocycles. The number of benzene rings is 2. The summed E-state index contributed by atoms with van der Waals surface area (Å²) < 4.78 is 0. The van der Waals surface area contributed by atoms with E-state index in [-0.39, 0.29) is 0 Å². The third-order valence-electron chi connectivity index (χ3n) is 4.22. The molecule has 0 saturated heterocycles. The highest BCUT2D eigenvalue weighted by Gasteiger charge is 2.10. The van der Waals surface area contributed by atoms with Gasteiger partial charge in [-0.05, 0) is 23.8 Å². The molecule has 0 atom stereocenters. The molecule has 4 aromatic rings. The van der Waals surface area contributed by atoms with E-state index in [4.69, 9.17) is 0 Å². The van der Waals surface area contributed by atoms with Crippen LogP contribution in [0.2, 0.25) is 0 Å². The maximum Gasteiger partial charge on any atom is 0.207 e. The van der Waals surface area contributed by atoms with E-state index in [0.29, 0.717) is 18.1 Å². The lowest BCUT2D eigenvalue weighted by Gasteiger charge is -2.13. The Balaban J connectivity index is 1.56. The molecule has 7 heteroatoms. The van der Waals surface area contributed by atoms with Crippen LogP contribution in [0.4, 0.5) is 23.1 Å². The van der Waals surface area contributed by atoms with E-state index in [2.05, 4.69) is 59.7 Å². The molecule has 136 valence electrons. The molecule has 0 spiro atoms. The first-order chi connectivity index (χ1) is 13.2. The Bertz CT molecular complexity index is 1040. The molecule has 4 rings (SSSR count). The quantitative estimate of drug-likeness (QED) is 0.486. The molecule has 0 amide bonds. The zero-order valence-electron chi connectivity index (χ0n) is 15.3. The van der Waals surface area contributed by atoms with Gasteiger partial charge >= 0.3 is 0 Å². The van der Waals surface area contributed by atoms with Crippen molar-refractivity contribution < 1.29 is 0 Å². The van der Waals surface area contributed by atoms with E-state index in [1.807, 2.05) is 44.4 Å². The summed E-state index contributed by atoms with van der Waals surface area (Å²) >= 11 is 0. The number of hydrogen-bond donors (Lipinski definition) is 3. The van der Waals surface area contributed by atoms with Crippen molar-refractivity contribution in [1.29, 1.82) is 0 Å². The maximum absolute atomic E-state index is 4.53. The molecule has 0 saturated carbocycles. The zero-order chi connectivity index (χ0) is 18.6. The molecule has 0 aliphatic heterocycles. The highest BCUT2D eigenvalue weighted by atomic mass is 15.2. The van der Waals surface area contributed by atoms with E-state index in [1.165, 1.54) is 11.9 Å². The van der Waals surface area contributed by atoms with Crippen molar-refractivity contribution in [3.8, 4) is 0 Å². The van der Waals surface area contributed by atoms with E-state index in [1.54, 1.807) is 0 Å². The molecule has 2 heterocycles. The fourth-order valence-corrected chi connectivity index (χ4v) is 2.80. The lowest BCUT2D eigenvalue weighted by molar-refractivity contribution is 1.10. The van der Waals surface area contributed by atoms with Crippen LogP contribution in [0, 0.1) is 0 Å². The molecule has 7 nitrogen and oxygen atoms in total. The van der Waals surface area contributed by atoms with Gasteiger partial charge in [-0.1, -0.05) is 36.4 Å². The largest absolute Gasteiger partial charge is 0.378 e. The Morgan fingerprint density at radius 2 is 1.85 bits per heavy atom. The number of nitrogens with zero attached hydrogens (tertiary/aromatic N) is 4. The Kier molecular flexibility index (Phi) is 4.57. The predicted octanol–water partition coefficient (Wildman–Crippen LogP) is 3.77. The topological polar surface area (TPSA) is 81.8 Å². The van der Waals surface area contributed by atoms with Crippen LogP contribution in [-0.2, 0) is 6.54 Å². The summed E-state index contributed by atoms with van der Waals surface area (Å²) in [6.07, 6.45) is 1.52. The number of H-pyrrole nitrogens is 1. The van der Waals surface area contributed by atoms with Crippen LogP contribution in [0.5, 0.6) is 0 Å². The molecule has 27 heavy (non-hydrogen) atoms. The van der Waals surface area contributed by atoms with Gasteiger partial charge in [0.2, 0.25) is 5.95 Å². The second kappa shape index (κ2) is 7.33. The van der Waals surface area contributed by atoms with Crippen molar-refractivity contribution >= 4 is 34.3 Å². The minimum Gasteiger partial charge on any atom is -0.378 e. The van der Waals surface area contributed by atoms with Crippen LogP contribution in [0.25, 0.3) is 11.2 Å². The van der Waals surface area contributed by atoms with Crippen molar-refractivity contribution in [3.05, 3.63) is 66.5 Å². The van der Waals surface area contributed by atoms with Crippen LogP contribution in [0.3, 0.4) is 0 Å². The first-order valence-corrected chi connectivity index (χ1v) is 8.72. The van der Waals surface area contributed by atoms with Crippen molar-refractivity contribution in [2.45, 2.75) is 6.54 Å². The maximum atomic E-state index is 4.53. The smallest absolute Gasteiger partial charge is 0.207 e. The third kappa shape index (κ3) is 3.82. The fourth-order valence-electron chi connectivity index (χ4n) is 2.80. The van der Waals surface area contributed by atoms with Crippen molar-refractivity contribution in [2.24, 2.45) is 0 Å². The van der Waals surface area contributed by atoms with Gasteiger partial charge in [-0.25, -0.2) is 9.97 Å². The Hall–Kier alpha value is -3.61. The summed E-state index contributed by atoms with van der Waals surface area (Å²) in [6.45, 7) is 0.680. The molecule has 0 aliphatic rings. The van der Waals surface area contributed by atoms with Gasteiger partial charge in [-0.3, -0.25) is 0 Å². The van der Waals surface area contributed by atoms with Crippen LogP contribution in [0.1, 0.15) is 5.56 Å². The normalized spacial score (nSPS) is 10.7. The minimum atomic E-state index is 0.617. The third-order valence-corrected chi connectivity index (χ3v) is 4.22. The van der Waals surface area contributed by atoms with Gasteiger partial charge in [-0.2, -0.15) is 4.98 Å². The Labute approximate surface area is 157 Å². The molecule has 2 aromatic heterocycles. The Morgan fingerprint density at radius 3 is 2.67 bits per heavy atom. The van der Waals surface area contributed by atoms with Crippen LogP contribution in [-0.4, -0.2) is 34.0 Å². The van der Waals surface area contributed by atoms with Gasteiger partial charge in [0.1, 0.15) is 11.8 Å². The van der Waals surface area contributed by atoms with E-state index >= 15 is 0 Å². The first kappa shape index (κ1) is 16.8. The van der Waals surface area contributed by atoms with Gasteiger partial charge in [0.25, 0.3) is 0 Å². The summed E-state index contributed by atoms with van der Waals surface area (Å²) in [5.74, 6) is 1.36. The second-order valence-corrected chi connectivity index (χ2v) is 6.42. The minimum absolute atomic E-state index is 0.617. The van der Waals surface area contributed by atoms with Gasteiger partial charge in [-0.15, -0.1) is 0 Å². The monoisotopic (exact) mass is 359 g/mol. The number of nitrogens with one attached hydrogen (secondary N) is 3. The fraction of sp³-hybridized carbons (Fsp3) is 0.150. The molecular formula is C20H21N7. The average molecular weight is 359 g/mol. The lowest BCUT2D eigenvalue weighted by Crippen LogP contribution is -2.08. The van der Waals surface area contributed by atoms with Crippen molar-refractivity contribution in [3.63, 3.8) is 0 Å². The molecule has 0 unspecified atom stereocenters. The standard InChI is InChI=1S/C20H21N7/c1-27(2)16-10-6-9-15(11-16)24-20-25-17-18(22-13-23-19(17)26-20)21-12-14-7-4-3-5-8-14/h3-11,13H,12H2,1-2H3,(H3,21,22,23,24,25,26). The Morgan fingerprint density at radius 1 is 1.00 bits per heavy atom. The number of anilines is 4. The summed E-state index contributed by atoms with van der Waals surface area (Å²) in [5.41, 5.74) is 4.64. The van der Waals surface area contributed by atoms with Crippen molar-refractivity contribution in [2.75, 3.05) is 29.6 Å². The van der Waals surface area contributed by atoms with Crippen LogP contribution < -0.4 is 15.5 Å². The highest BCUT2D eigenvalue weighted by Crippen LogP contribution is 2.23. The van der Waals surface area contributed by atoms with Gasteiger partial charge in [0, 0.05) is 32.0 Å². The van der Waals surface area contributed by atoms with Crippen LogP contribution in [0.15, 0.2) is 60.9 Å². The molecule has 0 aliphatic carbocycles. The van der Waals surface area contributed by atoms with E-state index in [0.717, 1.165) is 22.7 Å². The molecule has 0 fully saturated rings. The summed E-state index contributed by atoms with van der Waals surface area (Å²) in [7, 11) is 4.03. The van der Waals surface area contributed by atoms with Gasteiger partial charge in [0.15, 0.2) is 11.5 Å². The van der Waals surface area contributed by atoms with Crippen molar-refractivity contribution in [1.82, 2.24) is 19.9 Å². The number of aromatic amines is 1. The number of fused-ring (bicyclic) bond motifs is 1. The molecular weight excluding hydrogens is 338 g/mol. The number of hydrogen-bond acceptors (Lipinski definition) is 6. The first-order valence-electron chi connectivity index (χ1n) is 8.72. The predicted molar refractivity (Wildman–Crippen MR) is 110 cm³/mol. The van der Waals surface area contributed by atoms with Gasteiger partial charge in [0.05, 0.1) is 0 Å². The molecule has 0 bridgehead atoms. The SMILES string of the molecule is CN(C)c1cccc(Nc2nc3ncnc(NCc4ccccc4)c3[nH]2)c1. The average Bonchev–Trinajstić information content (AvgIpc) is 3.10. The summed E-state index contributed by atoms with van der Waals surface area (Å²) in [5, 5.41) is 6.65. The summed E-state index contributed by atoms with van der Waals surface area (Å²) in [6, 6.07) is 18.3. The van der Waals surface area contributed by atoms with Gasteiger partial charge < -0.3 is 20.5 Å². The zero-order valence-corrected chi connectivity index (χ0v) is 15.3. The number of rotatable bonds is 6. The van der Waals surface area contributed by atoms with E-state index < -0.39 is 0 Å². The lowest BCUT2D eigenvalue weighted by atomic mass is 10.2. The molecule has 3 N–H and O–H groups in total. The number of aromatic nitrogens is 4.